The van der Waals surface area contributed by atoms with Gasteiger partial charge in [-0.2, -0.15) is 0 Å². The smallest absolute Gasteiger partial charge is 0.0839 e. The van der Waals surface area contributed by atoms with Crippen LogP contribution < -0.4 is 48.0 Å². The van der Waals surface area contributed by atoms with Crippen molar-refractivity contribution >= 4 is 0 Å². The maximum absolute atomic E-state index is 2.52. The van der Waals surface area contributed by atoms with E-state index in [1.807, 2.05) is 0 Å². The number of likely N-dealkylation sites (tertiary alicyclic amines) is 1. The first kappa shape index (κ1) is 19.2. The van der Waals surface area contributed by atoms with Gasteiger partial charge in [0.15, 0.2) is 0 Å². The summed E-state index contributed by atoms with van der Waals surface area (Å²) < 4.78 is 2.46. The van der Waals surface area contributed by atoms with Crippen molar-refractivity contribution in [3.8, 4) is 0 Å². The third kappa shape index (κ3) is 3.90. The SMILES string of the molecule is C[N+](C)(C)CCC[N+]1(C)CC2C3C=CC(C3)C2C1.[I-].[I-]. The molecule has 0 aromatic rings. The molecule has 0 amide bonds. The maximum atomic E-state index is 2.52. The zero-order valence-electron chi connectivity index (χ0n) is 13.4. The molecule has 0 aromatic carbocycles. The molecule has 20 heavy (non-hydrogen) atoms. The minimum absolute atomic E-state index is 0. The molecule has 2 aliphatic carbocycles. The number of rotatable bonds is 4. The molecule has 4 atom stereocenters. The number of quaternary nitrogens is 2. The van der Waals surface area contributed by atoms with Crippen LogP contribution in [-0.2, 0) is 0 Å². The van der Waals surface area contributed by atoms with Crippen LogP contribution in [0.25, 0.3) is 0 Å². The lowest BCUT2D eigenvalue weighted by Gasteiger charge is -2.33. The number of allylic oxidation sites excluding steroid dienone is 2. The summed E-state index contributed by atoms with van der Waals surface area (Å²) in [6, 6.07) is 0. The first-order chi connectivity index (χ1) is 8.36. The van der Waals surface area contributed by atoms with Crippen LogP contribution in [0.1, 0.15) is 12.8 Å². The van der Waals surface area contributed by atoms with Crippen molar-refractivity contribution in [2.75, 3.05) is 54.4 Å². The van der Waals surface area contributed by atoms with E-state index in [1.165, 1.54) is 43.5 Å². The zero-order chi connectivity index (χ0) is 13.0. The van der Waals surface area contributed by atoms with Gasteiger partial charge in [-0.05, 0) is 18.3 Å². The molecule has 4 heteroatoms. The van der Waals surface area contributed by atoms with E-state index in [0.717, 1.165) is 28.2 Å². The first-order valence-corrected chi connectivity index (χ1v) is 7.69. The number of nitrogens with zero attached hydrogens (tertiary/aromatic N) is 2. The van der Waals surface area contributed by atoms with Crippen LogP contribution in [0.2, 0.25) is 0 Å². The van der Waals surface area contributed by atoms with Gasteiger partial charge in [-0.3, -0.25) is 0 Å². The first-order valence-electron chi connectivity index (χ1n) is 7.69. The normalized spacial score (nSPS) is 41.2. The molecule has 2 fully saturated rings. The van der Waals surface area contributed by atoms with E-state index >= 15 is 0 Å². The molecule has 2 bridgehead atoms. The summed E-state index contributed by atoms with van der Waals surface area (Å²) in [5.74, 6) is 3.93. The molecule has 1 saturated heterocycles. The fourth-order valence-corrected chi connectivity index (χ4v) is 4.77. The second-order valence-electron chi connectivity index (χ2n) is 8.35. The van der Waals surface area contributed by atoms with Crippen LogP contribution in [0.15, 0.2) is 12.2 Å². The molecule has 1 heterocycles. The Hall–Kier alpha value is 1.12. The Labute approximate surface area is 159 Å². The molecule has 3 rings (SSSR count). The monoisotopic (exact) mass is 504 g/mol. The molecule has 3 aliphatic rings. The lowest BCUT2D eigenvalue weighted by atomic mass is 9.86. The Morgan fingerprint density at radius 2 is 1.50 bits per heavy atom. The fraction of sp³-hybridized carbons (Fsp3) is 0.875. The lowest BCUT2D eigenvalue weighted by Crippen LogP contribution is -3.00. The number of hydrogen-bond donors (Lipinski definition) is 0. The van der Waals surface area contributed by atoms with E-state index in [0.29, 0.717) is 0 Å². The quantitative estimate of drug-likeness (QED) is 0.208. The summed E-state index contributed by atoms with van der Waals surface area (Å²) in [5, 5.41) is 0. The molecule has 2 nitrogen and oxygen atoms in total. The van der Waals surface area contributed by atoms with Crippen molar-refractivity contribution in [2.24, 2.45) is 23.7 Å². The molecular formula is C16H30I2N2. The Morgan fingerprint density at radius 1 is 1.00 bits per heavy atom. The van der Waals surface area contributed by atoms with Gasteiger partial charge in [0.2, 0.25) is 0 Å². The minimum atomic E-state index is 0. The summed E-state index contributed by atoms with van der Waals surface area (Å²) >= 11 is 0. The molecule has 0 spiro atoms. The molecule has 0 radical (unpaired) electrons. The summed E-state index contributed by atoms with van der Waals surface area (Å²) in [5.41, 5.74) is 0. The second kappa shape index (κ2) is 6.71. The Kier molecular flexibility index (Phi) is 6.43. The average molecular weight is 504 g/mol. The van der Waals surface area contributed by atoms with Crippen LogP contribution >= 0.6 is 0 Å². The third-order valence-corrected chi connectivity index (χ3v) is 5.63. The van der Waals surface area contributed by atoms with Gasteiger partial charge >= 0.3 is 0 Å². The van der Waals surface area contributed by atoms with Crippen LogP contribution in [0, 0.1) is 23.7 Å². The Morgan fingerprint density at radius 3 is 1.95 bits per heavy atom. The Balaban J connectivity index is 0.000001000. The highest BCUT2D eigenvalue weighted by atomic mass is 127. The van der Waals surface area contributed by atoms with Crippen molar-refractivity contribution in [1.29, 1.82) is 0 Å². The number of halogens is 2. The highest BCUT2D eigenvalue weighted by molar-refractivity contribution is 5.14. The molecule has 4 unspecified atom stereocenters. The van der Waals surface area contributed by atoms with Gasteiger partial charge in [-0.25, -0.2) is 0 Å². The number of fused-ring (bicyclic) bond motifs is 5. The maximum Gasteiger partial charge on any atom is 0.0839 e. The van der Waals surface area contributed by atoms with Crippen molar-refractivity contribution < 1.29 is 56.9 Å². The van der Waals surface area contributed by atoms with E-state index in [9.17, 15) is 0 Å². The minimum Gasteiger partial charge on any atom is -1.00 e. The lowest BCUT2D eigenvalue weighted by molar-refractivity contribution is -0.910. The van der Waals surface area contributed by atoms with Gasteiger partial charge in [-0.15, -0.1) is 0 Å². The van der Waals surface area contributed by atoms with Gasteiger partial charge in [0.25, 0.3) is 0 Å². The predicted octanol–water partition coefficient (Wildman–Crippen LogP) is -4.01. The van der Waals surface area contributed by atoms with E-state index in [2.05, 4.69) is 40.3 Å². The molecule has 118 valence electrons. The largest absolute Gasteiger partial charge is 1.00 e. The highest BCUT2D eigenvalue weighted by Gasteiger charge is 2.54. The molecular weight excluding hydrogens is 474 g/mol. The van der Waals surface area contributed by atoms with Crippen LogP contribution in [0.5, 0.6) is 0 Å². The summed E-state index contributed by atoms with van der Waals surface area (Å²) in [4.78, 5) is 0. The summed E-state index contributed by atoms with van der Waals surface area (Å²) in [7, 11) is 9.43. The zero-order valence-corrected chi connectivity index (χ0v) is 17.7. The topological polar surface area (TPSA) is 0 Å². The van der Waals surface area contributed by atoms with Crippen LogP contribution in [0.4, 0.5) is 0 Å². The Bertz CT molecular complexity index is 342. The van der Waals surface area contributed by atoms with Crippen LogP contribution in [0.3, 0.4) is 0 Å². The van der Waals surface area contributed by atoms with Crippen molar-refractivity contribution in [3.05, 3.63) is 12.2 Å². The molecule has 1 aliphatic heterocycles. The highest BCUT2D eigenvalue weighted by Crippen LogP contribution is 2.52. The van der Waals surface area contributed by atoms with Gasteiger partial charge in [0.05, 0.1) is 54.4 Å². The van der Waals surface area contributed by atoms with E-state index in [1.54, 1.807) is 0 Å². The van der Waals surface area contributed by atoms with E-state index in [4.69, 9.17) is 0 Å². The summed E-state index contributed by atoms with van der Waals surface area (Å²) in [6.07, 6.45) is 7.90. The van der Waals surface area contributed by atoms with Crippen molar-refractivity contribution in [2.45, 2.75) is 12.8 Å². The van der Waals surface area contributed by atoms with Gasteiger partial charge < -0.3 is 56.9 Å². The van der Waals surface area contributed by atoms with E-state index in [-0.39, 0.29) is 48.0 Å². The van der Waals surface area contributed by atoms with Crippen molar-refractivity contribution in [3.63, 3.8) is 0 Å². The van der Waals surface area contributed by atoms with Gasteiger partial charge in [-0.1, -0.05) is 12.2 Å². The molecule has 0 aromatic heterocycles. The standard InChI is InChI=1S/C16H30N2.2HI/c1-17(2,3)8-5-9-18(4)11-15-13-6-7-14(10-13)16(15)12-18;;/h6-7,13-16H,5,8-12H2,1-4H3;2*1H/q+2;;/p-2. The number of hydrogen-bond acceptors (Lipinski definition) is 0. The van der Waals surface area contributed by atoms with Gasteiger partial charge in [0, 0.05) is 18.3 Å². The van der Waals surface area contributed by atoms with Gasteiger partial charge in [0.1, 0.15) is 0 Å². The van der Waals surface area contributed by atoms with Crippen LogP contribution in [-0.4, -0.2) is 63.3 Å². The fourth-order valence-electron chi connectivity index (χ4n) is 4.77. The average Bonchev–Trinajstić information content (AvgIpc) is 2.85. The van der Waals surface area contributed by atoms with Crippen molar-refractivity contribution in [1.82, 2.24) is 0 Å². The molecule has 1 saturated carbocycles. The second-order valence-corrected chi connectivity index (χ2v) is 8.35. The van der Waals surface area contributed by atoms with E-state index < -0.39 is 0 Å². The summed E-state index contributed by atoms with van der Waals surface area (Å²) in [6.45, 7) is 5.61. The third-order valence-electron chi connectivity index (χ3n) is 5.63. The predicted molar refractivity (Wildman–Crippen MR) is 76.0 cm³/mol. The molecule has 0 N–H and O–H groups in total.